The van der Waals surface area contributed by atoms with E-state index in [9.17, 15) is 10.2 Å². The molecule has 0 radical (unpaired) electrons. The summed E-state index contributed by atoms with van der Waals surface area (Å²) in [5, 5.41) is 23.7. The van der Waals surface area contributed by atoms with Gasteiger partial charge in [0.1, 0.15) is 17.9 Å². The summed E-state index contributed by atoms with van der Waals surface area (Å²) < 4.78 is 5.14. The summed E-state index contributed by atoms with van der Waals surface area (Å²) in [5.41, 5.74) is 6.94. The van der Waals surface area contributed by atoms with E-state index in [1.165, 1.54) is 29.0 Å². The van der Waals surface area contributed by atoms with Gasteiger partial charge in [-0.1, -0.05) is 30.3 Å². The lowest BCUT2D eigenvalue weighted by Crippen LogP contribution is -2.32. The Labute approximate surface area is 177 Å². The van der Waals surface area contributed by atoms with Gasteiger partial charge in [0.05, 0.1) is 18.5 Å². The van der Waals surface area contributed by atoms with Gasteiger partial charge >= 0.3 is 0 Å². The monoisotopic (exact) mass is 422 g/mol. The van der Waals surface area contributed by atoms with Gasteiger partial charge in [0.2, 0.25) is 0 Å². The first kappa shape index (κ1) is 19.3. The maximum absolute atomic E-state index is 10.7. The Morgan fingerprint density at radius 2 is 1.90 bits per heavy atom. The molecular weight excluding hydrogens is 400 g/mol. The van der Waals surface area contributed by atoms with Crippen LogP contribution in [-0.4, -0.2) is 48.5 Å². The molecule has 1 aliphatic carbocycles. The highest BCUT2D eigenvalue weighted by atomic mass is 32.2. The van der Waals surface area contributed by atoms with Gasteiger partial charge in [0, 0.05) is 17.4 Å². The second-order valence-corrected chi connectivity index (χ2v) is 8.55. The predicted molar refractivity (Wildman–Crippen MR) is 117 cm³/mol. The second kappa shape index (κ2) is 7.84. The Bertz CT molecular complexity index is 1200. The molecule has 8 nitrogen and oxygen atoms in total. The first-order chi connectivity index (χ1) is 14.6. The molecule has 2 aromatic carbocycles. The molecule has 154 valence electrons. The van der Waals surface area contributed by atoms with Gasteiger partial charge in [-0.15, -0.1) is 0 Å². The van der Waals surface area contributed by atoms with E-state index in [2.05, 4.69) is 50.0 Å². The lowest BCUT2D eigenvalue weighted by molar-refractivity contribution is 0.00770. The first-order valence-corrected chi connectivity index (χ1v) is 10.6. The van der Waals surface area contributed by atoms with E-state index in [1.807, 2.05) is 12.1 Å². The molecule has 0 spiro atoms. The molecule has 0 bridgehead atoms. The first-order valence-electron chi connectivity index (χ1n) is 9.79. The number of aromatic nitrogens is 4. The van der Waals surface area contributed by atoms with Crippen molar-refractivity contribution < 1.29 is 10.2 Å². The number of aliphatic hydroxyl groups is 2. The third-order valence-electron chi connectivity index (χ3n) is 5.77. The number of rotatable bonds is 5. The normalized spacial score (nSPS) is 24.1. The van der Waals surface area contributed by atoms with E-state index in [4.69, 9.17) is 5.73 Å². The Hall–Kier alpha value is -2.72. The fourth-order valence-corrected chi connectivity index (χ4v) is 4.94. The van der Waals surface area contributed by atoms with Crippen LogP contribution < -0.4 is 10.5 Å². The number of nitrogens with two attached hydrogens (primary N) is 1. The van der Waals surface area contributed by atoms with Gasteiger partial charge in [0.25, 0.3) is 0 Å². The Kier molecular flexibility index (Phi) is 5.03. The van der Waals surface area contributed by atoms with Crippen LogP contribution in [0.4, 0.5) is 5.82 Å². The third-order valence-corrected chi connectivity index (χ3v) is 6.57. The third kappa shape index (κ3) is 3.39. The van der Waals surface area contributed by atoms with Crippen molar-refractivity contribution in [1.29, 1.82) is 0 Å². The molecule has 0 amide bonds. The lowest BCUT2D eigenvalue weighted by atomic mass is 10.1. The molecule has 4 aromatic rings. The van der Waals surface area contributed by atoms with E-state index in [0.29, 0.717) is 29.9 Å². The van der Waals surface area contributed by atoms with Gasteiger partial charge in [-0.25, -0.2) is 15.0 Å². The van der Waals surface area contributed by atoms with Crippen LogP contribution in [0.5, 0.6) is 0 Å². The van der Waals surface area contributed by atoms with Crippen LogP contribution in [-0.2, 0) is 0 Å². The lowest BCUT2D eigenvalue weighted by Gasteiger charge is -2.18. The number of nitrogens with zero attached hydrogens (tertiary/aromatic N) is 4. The van der Waals surface area contributed by atoms with Crippen LogP contribution in [0.2, 0.25) is 0 Å². The largest absolute Gasteiger partial charge is 0.390 e. The van der Waals surface area contributed by atoms with Crippen LogP contribution in [0, 0.1) is 5.92 Å². The van der Waals surface area contributed by atoms with Gasteiger partial charge in [-0.05, 0) is 41.3 Å². The van der Waals surface area contributed by atoms with Crippen molar-refractivity contribution in [3.8, 4) is 0 Å². The molecule has 1 saturated carbocycles. The van der Waals surface area contributed by atoms with E-state index in [-0.39, 0.29) is 12.0 Å². The zero-order valence-electron chi connectivity index (χ0n) is 16.1. The van der Waals surface area contributed by atoms with Crippen LogP contribution in [0.25, 0.3) is 21.9 Å². The van der Waals surface area contributed by atoms with Crippen LogP contribution in [0.1, 0.15) is 12.5 Å². The van der Waals surface area contributed by atoms with Crippen molar-refractivity contribution in [3.05, 3.63) is 55.1 Å². The van der Waals surface area contributed by atoms with Gasteiger partial charge in [-0.2, -0.15) is 0 Å². The molecule has 1 aliphatic rings. The molecule has 2 aromatic heterocycles. The van der Waals surface area contributed by atoms with Gasteiger partial charge < -0.3 is 20.5 Å². The number of nitrogens with one attached hydrogen (secondary N) is 1. The Morgan fingerprint density at radius 3 is 2.77 bits per heavy atom. The van der Waals surface area contributed by atoms with E-state index in [1.54, 1.807) is 10.9 Å². The van der Waals surface area contributed by atoms with Gasteiger partial charge in [-0.3, -0.25) is 4.72 Å². The molecule has 2 heterocycles. The quantitative estimate of drug-likeness (QED) is 0.361. The maximum atomic E-state index is 10.7. The fourth-order valence-electron chi connectivity index (χ4n) is 4.15. The van der Waals surface area contributed by atoms with Crippen molar-refractivity contribution in [2.45, 2.75) is 29.6 Å². The molecule has 30 heavy (non-hydrogen) atoms. The van der Waals surface area contributed by atoms with E-state index < -0.39 is 12.2 Å². The maximum Gasteiger partial charge on any atom is 0.165 e. The molecule has 9 heteroatoms. The van der Waals surface area contributed by atoms with Crippen LogP contribution in [0.3, 0.4) is 0 Å². The summed E-state index contributed by atoms with van der Waals surface area (Å²) >= 11 is 1.53. The van der Waals surface area contributed by atoms with Crippen molar-refractivity contribution in [2.75, 3.05) is 12.3 Å². The Morgan fingerprint density at radius 1 is 1.07 bits per heavy atom. The molecule has 5 N–H and O–H groups in total. The summed E-state index contributed by atoms with van der Waals surface area (Å²) in [6.07, 6.45) is 1.85. The molecule has 0 saturated heterocycles. The number of hydrogen-bond donors (Lipinski definition) is 4. The minimum atomic E-state index is -0.906. The minimum absolute atomic E-state index is 0.102. The van der Waals surface area contributed by atoms with Crippen molar-refractivity contribution in [3.63, 3.8) is 0 Å². The Balaban J connectivity index is 1.27. The SMILES string of the molecule is Nc1ncnc2c1ncn2C1CC(CNSc2ccc3ccccc3c2)C(O)C1O. The molecule has 4 unspecified atom stereocenters. The highest BCUT2D eigenvalue weighted by Crippen LogP contribution is 2.37. The molecule has 0 aliphatic heterocycles. The average molecular weight is 423 g/mol. The smallest absolute Gasteiger partial charge is 0.165 e. The number of anilines is 1. The number of imidazole rings is 1. The standard InChI is InChI=1S/C21H22N6O2S/c22-20-17-21(24-10-23-20)27(11-25-17)16-8-14(18(28)19(16)29)9-26-30-15-6-5-12-3-1-2-4-13(12)7-15/h1-7,10-11,14,16,18-19,26,28-29H,8-9H2,(H2,22,23,24). The summed E-state index contributed by atoms with van der Waals surface area (Å²) in [7, 11) is 0. The van der Waals surface area contributed by atoms with Crippen molar-refractivity contribution in [1.82, 2.24) is 24.2 Å². The summed E-state index contributed by atoms with van der Waals surface area (Å²) in [6, 6.07) is 14.2. The summed E-state index contributed by atoms with van der Waals surface area (Å²) in [6.45, 7) is 0.565. The van der Waals surface area contributed by atoms with Crippen molar-refractivity contribution >= 4 is 39.7 Å². The molecule has 4 atom stereocenters. The van der Waals surface area contributed by atoms with Crippen LogP contribution >= 0.6 is 11.9 Å². The zero-order chi connectivity index (χ0) is 20.7. The van der Waals surface area contributed by atoms with E-state index >= 15 is 0 Å². The zero-order valence-corrected chi connectivity index (χ0v) is 16.9. The van der Waals surface area contributed by atoms with Gasteiger partial charge in [0.15, 0.2) is 11.5 Å². The average Bonchev–Trinajstić information content (AvgIpc) is 3.31. The van der Waals surface area contributed by atoms with Crippen molar-refractivity contribution in [2.24, 2.45) is 5.92 Å². The fraction of sp³-hybridized carbons (Fsp3) is 0.286. The van der Waals surface area contributed by atoms with E-state index in [0.717, 1.165) is 4.90 Å². The molecular formula is C21H22N6O2S. The minimum Gasteiger partial charge on any atom is -0.390 e. The topological polar surface area (TPSA) is 122 Å². The molecule has 1 fully saturated rings. The molecule has 5 rings (SSSR count). The summed E-state index contributed by atoms with van der Waals surface area (Å²) in [4.78, 5) is 13.6. The summed E-state index contributed by atoms with van der Waals surface area (Å²) in [5.74, 6) is 0.200. The predicted octanol–water partition coefficient (Wildman–Crippen LogP) is 2.14. The number of nitrogen functional groups attached to an aromatic ring is 1. The number of fused-ring (bicyclic) bond motifs is 2. The number of benzene rings is 2. The highest BCUT2D eigenvalue weighted by molar-refractivity contribution is 7.97. The number of aliphatic hydroxyl groups excluding tert-OH is 2. The van der Waals surface area contributed by atoms with Crippen LogP contribution in [0.15, 0.2) is 60.0 Å². The second-order valence-electron chi connectivity index (χ2n) is 7.59. The highest BCUT2D eigenvalue weighted by Gasteiger charge is 2.42. The number of hydrogen-bond acceptors (Lipinski definition) is 8.